The lowest BCUT2D eigenvalue weighted by atomic mass is 10.1. The summed E-state index contributed by atoms with van der Waals surface area (Å²) in [6.07, 6.45) is 3.84. The fraction of sp³-hybridized carbons (Fsp3) is 0.588. The van der Waals surface area contributed by atoms with Crippen molar-refractivity contribution in [2.45, 2.75) is 46.5 Å². The number of aryl methyl sites for hydroxylation is 1. The fourth-order valence-electron chi connectivity index (χ4n) is 2.26. The Labute approximate surface area is 132 Å². The number of unbranched alkanes of at least 4 members (excludes halogenated alkanes) is 1. The van der Waals surface area contributed by atoms with Gasteiger partial charge in [0.2, 0.25) is 5.91 Å². The average Bonchev–Trinajstić information content (AvgIpc) is 2.46. The van der Waals surface area contributed by atoms with E-state index in [0.717, 1.165) is 44.3 Å². The summed E-state index contributed by atoms with van der Waals surface area (Å²) in [6, 6.07) is 6.69. The predicted octanol–water partition coefficient (Wildman–Crippen LogP) is 3.81. The third kappa shape index (κ3) is 6.70. The largest absolute Gasteiger partial charge is 0.343 e. The number of nitrogens with zero attached hydrogens (tertiary/aromatic N) is 2. The molecule has 0 heterocycles. The molecule has 0 saturated carbocycles. The number of amides is 1. The highest BCUT2D eigenvalue weighted by Crippen LogP contribution is 2.14. The summed E-state index contributed by atoms with van der Waals surface area (Å²) in [5.41, 5.74) is 1.22. The van der Waals surface area contributed by atoms with Crippen molar-refractivity contribution in [3.05, 3.63) is 39.9 Å². The molecule has 1 aromatic carbocycles. The van der Waals surface area contributed by atoms with E-state index in [4.69, 9.17) is 0 Å². The monoisotopic (exact) mass is 306 g/mol. The number of carbonyl (C=O) groups excluding carboxylic acids is 1. The zero-order valence-corrected chi connectivity index (χ0v) is 13.7. The van der Waals surface area contributed by atoms with E-state index >= 15 is 0 Å². The van der Waals surface area contributed by atoms with Gasteiger partial charge in [-0.25, -0.2) is 0 Å². The van der Waals surface area contributed by atoms with Gasteiger partial charge in [-0.05, 0) is 37.2 Å². The van der Waals surface area contributed by atoms with E-state index in [2.05, 4.69) is 13.8 Å². The van der Waals surface area contributed by atoms with Crippen LogP contribution in [0.2, 0.25) is 0 Å². The minimum atomic E-state index is -0.386. The Balaban J connectivity index is 2.33. The number of nitro groups is 1. The molecule has 22 heavy (non-hydrogen) atoms. The van der Waals surface area contributed by atoms with Crippen molar-refractivity contribution >= 4 is 11.6 Å². The molecule has 0 aliphatic carbocycles. The van der Waals surface area contributed by atoms with Crippen LogP contribution in [0.3, 0.4) is 0 Å². The number of non-ortho nitro benzene ring substituents is 1. The zero-order valence-electron chi connectivity index (χ0n) is 13.7. The second-order valence-corrected chi connectivity index (χ2v) is 6.07. The van der Waals surface area contributed by atoms with Crippen molar-refractivity contribution in [1.29, 1.82) is 0 Å². The number of hydrogen-bond donors (Lipinski definition) is 0. The highest BCUT2D eigenvalue weighted by molar-refractivity contribution is 5.73. The maximum Gasteiger partial charge on any atom is 0.269 e. The maximum absolute atomic E-state index is 11.6. The molecule has 0 aliphatic heterocycles. The van der Waals surface area contributed by atoms with Crippen molar-refractivity contribution in [2.75, 3.05) is 13.1 Å². The Morgan fingerprint density at radius 1 is 1.18 bits per heavy atom. The molecule has 0 saturated heterocycles. The van der Waals surface area contributed by atoms with Gasteiger partial charge in [-0.1, -0.05) is 26.0 Å². The van der Waals surface area contributed by atoms with Gasteiger partial charge in [0.25, 0.3) is 5.69 Å². The number of benzene rings is 1. The molecular weight excluding hydrogens is 280 g/mol. The highest BCUT2D eigenvalue weighted by Gasteiger charge is 2.09. The lowest BCUT2D eigenvalue weighted by Gasteiger charge is -2.22. The van der Waals surface area contributed by atoms with Crippen molar-refractivity contribution in [3.63, 3.8) is 0 Å². The quantitative estimate of drug-likeness (QED) is 0.396. The van der Waals surface area contributed by atoms with Crippen LogP contribution < -0.4 is 0 Å². The van der Waals surface area contributed by atoms with E-state index < -0.39 is 0 Å². The van der Waals surface area contributed by atoms with Crippen LogP contribution in [0.5, 0.6) is 0 Å². The molecule has 0 fully saturated rings. The van der Waals surface area contributed by atoms with Gasteiger partial charge in [0.1, 0.15) is 0 Å². The molecule has 0 aliphatic rings. The van der Waals surface area contributed by atoms with Gasteiger partial charge in [-0.3, -0.25) is 14.9 Å². The Morgan fingerprint density at radius 2 is 1.82 bits per heavy atom. The molecular formula is C17H26N2O3. The number of rotatable bonds is 9. The van der Waals surface area contributed by atoms with Crippen LogP contribution in [0.4, 0.5) is 5.69 Å². The first-order valence-electron chi connectivity index (χ1n) is 7.89. The summed E-state index contributed by atoms with van der Waals surface area (Å²) in [6.45, 7) is 7.55. The normalized spacial score (nSPS) is 10.7. The first-order chi connectivity index (χ1) is 10.4. The highest BCUT2D eigenvalue weighted by atomic mass is 16.6. The lowest BCUT2D eigenvalue weighted by molar-refractivity contribution is -0.384. The average molecular weight is 306 g/mol. The van der Waals surface area contributed by atoms with Crippen molar-refractivity contribution in [1.82, 2.24) is 4.90 Å². The number of nitro benzene ring substituents is 1. The van der Waals surface area contributed by atoms with Crippen molar-refractivity contribution in [2.24, 2.45) is 5.92 Å². The first kappa shape index (κ1) is 18.1. The van der Waals surface area contributed by atoms with Crippen LogP contribution in [0.1, 0.15) is 45.6 Å². The fourth-order valence-corrected chi connectivity index (χ4v) is 2.26. The molecule has 0 N–H and O–H groups in total. The molecule has 5 nitrogen and oxygen atoms in total. The minimum absolute atomic E-state index is 0.125. The predicted molar refractivity (Wildman–Crippen MR) is 87.7 cm³/mol. The summed E-state index contributed by atoms with van der Waals surface area (Å²) >= 11 is 0. The molecule has 5 heteroatoms. The third-order valence-corrected chi connectivity index (χ3v) is 3.71. The molecule has 1 aromatic rings. The SMILES string of the molecule is CC(=O)N(CCCCc1ccc([N+](=O)[O-])cc1)CCC(C)C. The van der Waals surface area contributed by atoms with Gasteiger partial charge in [-0.15, -0.1) is 0 Å². The smallest absolute Gasteiger partial charge is 0.269 e. The van der Waals surface area contributed by atoms with Crippen LogP contribution >= 0.6 is 0 Å². The van der Waals surface area contributed by atoms with E-state index in [1.165, 1.54) is 0 Å². The standard InChI is InChI=1S/C17H26N2O3/c1-14(2)11-13-18(15(3)20)12-5-4-6-16-7-9-17(10-8-16)19(21)22/h7-10,14H,4-6,11-13H2,1-3H3. The van der Waals surface area contributed by atoms with Gasteiger partial charge in [0.15, 0.2) is 0 Å². The second-order valence-electron chi connectivity index (χ2n) is 6.07. The molecule has 122 valence electrons. The molecule has 1 amide bonds. The molecule has 0 atom stereocenters. The summed E-state index contributed by atoms with van der Waals surface area (Å²) in [4.78, 5) is 23.7. The Morgan fingerprint density at radius 3 is 2.32 bits per heavy atom. The topological polar surface area (TPSA) is 63.5 Å². The molecule has 0 bridgehead atoms. The van der Waals surface area contributed by atoms with E-state index in [0.29, 0.717) is 5.92 Å². The van der Waals surface area contributed by atoms with Crippen molar-refractivity contribution < 1.29 is 9.72 Å². The molecule has 0 unspecified atom stereocenters. The summed E-state index contributed by atoms with van der Waals surface area (Å²) in [5, 5.41) is 10.6. The van der Waals surface area contributed by atoms with Crippen LogP contribution in [-0.4, -0.2) is 28.8 Å². The van der Waals surface area contributed by atoms with Gasteiger partial charge in [0.05, 0.1) is 4.92 Å². The molecule has 1 rings (SSSR count). The lowest BCUT2D eigenvalue weighted by Crippen LogP contribution is -2.31. The minimum Gasteiger partial charge on any atom is -0.343 e. The van der Waals surface area contributed by atoms with E-state index in [1.807, 2.05) is 4.90 Å². The van der Waals surface area contributed by atoms with E-state index in [1.54, 1.807) is 31.2 Å². The van der Waals surface area contributed by atoms with Crippen molar-refractivity contribution in [3.8, 4) is 0 Å². The Bertz CT molecular complexity index is 483. The molecule has 0 spiro atoms. The number of carbonyl (C=O) groups is 1. The number of hydrogen-bond acceptors (Lipinski definition) is 3. The van der Waals surface area contributed by atoms with E-state index in [9.17, 15) is 14.9 Å². The maximum atomic E-state index is 11.6. The van der Waals surface area contributed by atoms with Crippen LogP contribution in [0.25, 0.3) is 0 Å². The van der Waals surface area contributed by atoms with Gasteiger partial charge in [-0.2, -0.15) is 0 Å². The third-order valence-electron chi connectivity index (χ3n) is 3.71. The zero-order chi connectivity index (χ0) is 16.5. The second kappa shape index (κ2) is 9.18. The van der Waals surface area contributed by atoms with Crippen LogP contribution in [-0.2, 0) is 11.2 Å². The molecule has 0 radical (unpaired) electrons. The first-order valence-corrected chi connectivity index (χ1v) is 7.89. The van der Waals surface area contributed by atoms with E-state index in [-0.39, 0.29) is 16.5 Å². The summed E-state index contributed by atoms with van der Waals surface area (Å²) in [5.74, 6) is 0.734. The van der Waals surface area contributed by atoms with Gasteiger partial charge < -0.3 is 4.90 Å². The Hall–Kier alpha value is -1.91. The summed E-state index contributed by atoms with van der Waals surface area (Å²) in [7, 11) is 0. The molecule has 0 aromatic heterocycles. The van der Waals surface area contributed by atoms with Crippen LogP contribution in [0.15, 0.2) is 24.3 Å². The Kier molecular flexibility index (Phi) is 7.57. The van der Waals surface area contributed by atoms with Crippen LogP contribution in [0, 0.1) is 16.0 Å². The van der Waals surface area contributed by atoms with Gasteiger partial charge >= 0.3 is 0 Å². The van der Waals surface area contributed by atoms with Gasteiger partial charge in [0, 0.05) is 32.1 Å². The summed E-state index contributed by atoms with van der Waals surface area (Å²) < 4.78 is 0.